The third-order valence-electron chi connectivity index (χ3n) is 6.87. The minimum absolute atomic E-state index is 0.0565. The van der Waals surface area contributed by atoms with Gasteiger partial charge in [0.05, 0.1) is 0 Å². The molecule has 1 aliphatic heterocycles. The van der Waals surface area contributed by atoms with E-state index >= 15 is 0 Å². The van der Waals surface area contributed by atoms with Gasteiger partial charge in [-0.15, -0.1) is 0 Å². The molecule has 5 nitrogen and oxygen atoms in total. The molecule has 1 aliphatic rings. The average Bonchev–Trinajstić information content (AvgIpc) is 3.10. The van der Waals surface area contributed by atoms with E-state index in [1.165, 1.54) is 11.6 Å². The first-order valence-corrected chi connectivity index (χ1v) is 12.9. The Morgan fingerprint density at radius 2 is 1.75 bits per heavy atom. The van der Waals surface area contributed by atoms with Gasteiger partial charge in [0.2, 0.25) is 0 Å². The summed E-state index contributed by atoms with van der Waals surface area (Å²) < 4.78 is 13.9. The van der Waals surface area contributed by atoms with Crippen molar-refractivity contribution in [2.45, 2.75) is 59.3 Å². The SMILES string of the molecule is CCc1nc(C)nc(N2CCCN(C(=O)c3ccc(C(C)(C)C)cc3)CC2)c1Cc1cccc(F)c1. The number of carbonyl (C=O) groups excluding carboxylic acids is 1. The molecule has 0 aliphatic carbocycles. The van der Waals surface area contributed by atoms with Crippen LogP contribution in [0.5, 0.6) is 0 Å². The number of amides is 1. The van der Waals surface area contributed by atoms with E-state index in [0.717, 1.165) is 53.4 Å². The molecular formula is C30H37FN4O. The molecule has 0 atom stereocenters. The Morgan fingerprint density at radius 1 is 1.00 bits per heavy atom. The van der Waals surface area contributed by atoms with E-state index in [9.17, 15) is 9.18 Å². The summed E-state index contributed by atoms with van der Waals surface area (Å²) in [4.78, 5) is 27.1. The number of halogens is 1. The molecule has 1 aromatic heterocycles. The highest BCUT2D eigenvalue weighted by Crippen LogP contribution is 2.27. The van der Waals surface area contributed by atoms with Crippen LogP contribution in [0.4, 0.5) is 10.2 Å². The Bertz CT molecular complexity index is 1220. The van der Waals surface area contributed by atoms with Crippen molar-refractivity contribution in [2.75, 3.05) is 31.1 Å². The normalized spacial score (nSPS) is 14.6. The average molecular weight is 489 g/mol. The maximum absolute atomic E-state index is 13.9. The first kappa shape index (κ1) is 25.8. The number of hydrogen-bond acceptors (Lipinski definition) is 4. The first-order chi connectivity index (χ1) is 17.2. The molecule has 1 amide bonds. The second-order valence-corrected chi connectivity index (χ2v) is 10.6. The maximum Gasteiger partial charge on any atom is 0.253 e. The lowest BCUT2D eigenvalue weighted by Crippen LogP contribution is -2.36. The van der Waals surface area contributed by atoms with Gasteiger partial charge in [0.1, 0.15) is 17.5 Å². The maximum atomic E-state index is 13.9. The number of benzene rings is 2. The van der Waals surface area contributed by atoms with Crippen molar-refractivity contribution in [3.8, 4) is 0 Å². The Hall–Kier alpha value is -3.28. The van der Waals surface area contributed by atoms with E-state index in [4.69, 9.17) is 9.97 Å². The number of hydrogen-bond donors (Lipinski definition) is 0. The molecule has 0 spiro atoms. The fraction of sp³-hybridized carbons (Fsp3) is 0.433. The van der Waals surface area contributed by atoms with Crippen LogP contribution in [0.2, 0.25) is 0 Å². The molecule has 0 radical (unpaired) electrons. The van der Waals surface area contributed by atoms with Crippen molar-refractivity contribution >= 4 is 11.7 Å². The van der Waals surface area contributed by atoms with Crippen molar-refractivity contribution in [3.63, 3.8) is 0 Å². The Labute approximate surface area is 214 Å². The lowest BCUT2D eigenvalue weighted by Gasteiger charge is -2.26. The predicted molar refractivity (Wildman–Crippen MR) is 143 cm³/mol. The van der Waals surface area contributed by atoms with Crippen LogP contribution in [-0.4, -0.2) is 47.0 Å². The van der Waals surface area contributed by atoms with Crippen LogP contribution in [0.1, 0.15) is 72.7 Å². The minimum Gasteiger partial charge on any atom is -0.354 e. The van der Waals surface area contributed by atoms with Gasteiger partial charge in [-0.25, -0.2) is 14.4 Å². The molecule has 190 valence electrons. The molecule has 36 heavy (non-hydrogen) atoms. The number of aromatic nitrogens is 2. The smallest absolute Gasteiger partial charge is 0.253 e. The summed E-state index contributed by atoms with van der Waals surface area (Å²) in [6, 6.07) is 14.8. The summed E-state index contributed by atoms with van der Waals surface area (Å²) in [5, 5.41) is 0. The zero-order valence-corrected chi connectivity index (χ0v) is 22.1. The Balaban J connectivity index is 1.55. The number of aryl methyl sites for hydroxylation is 2. The van der Waals surface area contributed by atoms with Crippen molar-refractivity contribution in [1.29, 1.82) is 0 Å². The Morgan fingerprint density at radius 3 is 2.42 bits per heavy atom. The van der Waals surface area contributed by atoms with Gasteiger partial charge in [-0.1, -0.05) is 52.0 Å². The van der Waals surface area contributed by atoms with Gasteiger partial charge in [-0.2, -0.15) is 0 Å². The van der Waals surface area contributed by atoms with Gasteiger partial charge in [0, 0.05) is 49.4 Å². The highest BCUT2D eigenvalue weighted by molar-refractivity contribution is 5.94. The fourth-order valence-corrected chi connectivity index (χ4v) is 4.85. The molecular weight excluding hydrogens is 451 g/mol. The summed E-state index contributed by atoms with van der Waals surface area (Å²) >= 11 is 0. The lowest BCUT2D eigenvalue weighted by atomic mass is 9.86. The molecule has 6 heteroatoms. The third-order valence-corrected chi connectivity index (χ3v) is 6.87. The second kappa shape index (κ2) is 10.8. The van der Waals surface area contributed by atoms with Crippen LogP contribution in [0.3, 0.4) is 0 Å². The molecule has 0 bridgehead atoms. The van der Waals surface area contributed by atoms with E-state index in [0.29, 0.717) is 26.1 Å². The molecule has 2 heterocycles. The molecule has 0 unspecified atom stereocenters. The molecule has 0 N–H and O–H groups in total. The van der Waals surface area contributed by atoms with Gasteiger partial charge in [0.25, 0.3) is 5.91 Å². The summed E-state index contributed by atoms with van der Waals surface area (Å²) in [5.74, 6) is 1.48. The molecule has 2 aromatic carbocycles. The van der Waals surface area contributed by atoms with Crippen molar-refractivity contribution in [1.82, 2.24) is 14.9 Å². The van der Waals surface area contributed by atoms with Gasteiger partial charge in [-0.05, 0) is 60.6 Å². The molecule has 1 fully saturated rings. The third kappa shape index (κ3) is 5.92. The molecule has 4 rings (SSSR count). The van der Waals surface area contributed by atoms with Crippen LogP contribution in [-0.2, 0) is 18.3 Å². The van der Waals surface area contributed by atoms with Crippen molar-refractivity contribution < 1.29 is 9.18 Å². The van der Waals surface area contributed by atoms with Crippen LogP contribution < -0.4 is 4.90 Å². The van der Waals surface area contributed by atoms with Crippen LogP contribution in [0.25, 0.3) is 0 Å². The van der Waals surface area contributed by atoms with Gasteiger partial charge >= 0.3 is 0 Å². The number of rotatable bonds is 5. The molecule has 1 saturated heterocycles. The van der Waals surface area contributed by atoms with Crippen molar-refractivity contribution in [2.24, 2.45) is 0 Å². The van der Waals surface area contributed by atoms with E-state index in [2.05, 4.69) is 44.7 Å². The number of nitrogens with zero attached hydrogens (tertiary/aromatic N) is 4. The zero-order valence-electron chi connectivity index (χ0n) is 22.1. The van der Waals surface area contributed by atoms with Gasteiger partial charge in [-0.3, -0.25) is 4.79 Å². The monoisotopic (exact) mass is 488 g/mol. The van der Waals surface area contributed by atoms with E-state index in [1.54, 1.807) is 12.1 Å². The minimum atomic E-state index is -0.236. The second-order valence-electron chi connectivity index (χ2n) is 10.6. The fourth-order valence-electron chi connectivity index (χ4n) is 4.85. The van der Waals surface area contributed by atoms with Crippen molar-refractivity contribution in [3.05, 3.63) is 88.1 Å². The first-order valence-electron chi connectivity index (χ1n) is 12.9. The predicted octanol–water partition coefficient (Wildman–Crippen LogP) is 5.73. The van der Waals surface area contributed by atoms with E-state index in [1.807, 2.05) is 30.0 Å². The van der Waals surface area contributed by atoms with Gasteiger partial charge in [0.15, 0.2) is 0 Å². The summed E-state index contributed by atoms with van der Waals surface area (Å²) in [6.45, 7) is 13.4. The molecule has 0 saturated carbocycles. The quantitative estimate of drug-likeness (QED) is 0.460. The summed E-state index contributed by atoms with van der Waals surface area (Å²) in [7, 11) is 0. The number of carbonyl (C=O) groups is 1. The lowest BCUT2D eigenvalue weighted by molar-refractivity contribution is 0.0767. The Kier molecular flexibility index (Phi) is 7.72. The van der Waals surface area contributed by atoms with Crippen LogP contribution >= 0.6 is 0 Å². The van der Waals surface area contributed by atoms with E-state index in [-0.39, 0.29) is 17.1 Å². The highest BCUT2D eigenvalue weighted by Gasteiger charge is 2.24. The highest BCUT2D eigenvalue weighted by atomic mass is 19.1. The largest absolute Gasteiger partial charge is 0.354 e. The topological polar surface area (TPSA) is 49.3 Å². The summed E-state index contributed by atoms with van der Waals surface area (Å²) in [6.07, 6.45) is 2.22. The van der Waals surface area contributed by atoms with E-state index < -0.39 is 0 Å². The van der Waals surface area contributed by atoms with Crippen LogP contribution in [0.15, 0.2) is 48.5 Å². The standard InChI is InChI=1S/C30H37FN4O/c1-6-27-26(20-22-9-7-10-25(31)19-22)28(33-21(2)32-27)34-15-8-16-35(18-17-34)29(36)23-11-13-24(14-12-23)30(3,4)5/h7,9-14,19H,6,8,15-18,20H2,1-5H3. The number of anilines is 1. The van der Waals surface area contributed by atoms with Gasteiger partial charge < -0.3 is 9.80 Å². The van der Waals surface area contributed by atoms with Crippen LogP contribution in [0, 0.1) is 12.7 Å². The zero-order chi connectivity index (χ0) is 25.9. The molecule has 3 aromatic rings. The summed E-state index contributed by atoms with van der Waals surface area (Å²) in [5.41, 5.74) is 4.96.